The molecule has 1 aromatic rings. The number of aryl methyl sites for hydroxylation is 1. The minimum Gasteiger partial charge on any atom is -0.385 e. The molecular weight excluding hydrogens is 218 g/mol. The smallest absolute Gasteiger partial charge is 0.0340 e. The van der Waals surface area contributed by atoms with Gasteiger partial charge in [0.1, 0.15) is 0 Å². The number of rotatable bonds is 5. The van der Waals surface area contributed by atoms with Crippen molar-refractivity contribution >= 4 is 5.70 Å². The zero-order valence-corrected chi connectivity index (χ0v) is 13.1. The van der Waals surface area contributed by atoms with Gasteiger partial charge < -0.3 is 5.32 Å². The van der Waals surface area contributed by atoms with Gasteiger partial charge in [-0.1, -0.05) is 72.4 Å². The van der Waals surface area contributed by atoms with Crippen LogP contribution in [-0.4, -0.2) is 6.54 Å². The third-order valence-electron chi connectivity index (χ3n) is 2.30. The Morgan fingerprint density at radius 2 is 1.50 bits per heavy atom. The predicted octanol–water partition coefficient (Wildman–Crippen LogP) is 5.27. The minimum atomic E-state index is 0.994. The first-order valence-electron chi connectivity index (χ1n) is 7.30. The van der Waals surface area contributed by atoms with Gasteiger partial charge in [-0.05, 0) is 24.0 Å². The molecule has 0 saturated carbocycles. The molecule has 0 aliphatic rings. The van der Waals surface area contributed by atoms with Crippen molar-refractivity contribution in [3.05, 3.63) is 42.0 Å². The second-order valence-corrected chi connectivity index (χ2v) is 3.46. The highest BCUT2D eigenvalue weighted by atomic mass is 14.9. The number of benzene rings is 1. The summed E-state index contributed by atoms with van der Waals surface area (Å²) in [7, 11) is 0. The molecule has 104 valence electrons. The Balaban J connectivity index is 0. The molecule has 18 heavy (non-hydrogen) atoms. The van der Waals surface area contributed by atoms with Gasteiger partial charge in [0.05, 0.1) is 0 Å². The molecular formula is C17H31N. The molecule has 0 atom stereocenters. The second kappa shape index (κ2) is 13.8. The first-order valence-corrected chi connectivity index (χ1v) is 7.30. The van der Waals surface area contributed by atoms with Gasteiger partial charge in [0.25, 0.3) is 0 Å². The maximum atomic E-state index is 4.01. The summed E-state index contributed by atoms with van der Waals surface area (Å²) in [5.74, 6) is 0. The van der Waals surface area contributed by atoms with E-state index in [0.29, 0.717) is 0 Å². The summed E-state index contributed by atoms with van der Waals surface area (Å²) in [6, 6.07) is 8.58. The zero-order valence-electron chi connectivity index (χ0n) is 13.1. The highest BCUT2D eigenvalue weighted by molar-refractivity contribution is 5.61. The van der Waals surface area contributed by atoms with Crippen LogP contribution in [0.4, 0.5) is 0 Å². The van der Waals surface area contributed by atoms with Crippen molar-refractivity contribution in [3.63, 3.8) is 0 Å². The SMILES string of the molecule is C=C(NCCC)c1ccc(CC)cc1.CC.CC. The Bertz CT molecular complexity index is 285. The fourth-order valence-electron chi connectivity index (χ4n) is 1.32. The highest BCUT2D eigenvalue weighted by Crippen LogP contribution is 2.11. The van der Waals surface area contributed by atoms with Crippen LogP contribution in [0.5, 0.6) is 0 Å². The number of hydrogen-bond acceptors (Lipinski definition) is 1. The summed E-state index contributed by atoms with van der Waals surface area (Å²) in [4.78, 5) is 0. The first kappa shape index (κ1) is 19.1. The molecule has 0 radical (unpaired) electrons. The van der Waals surface area contributed by atoms with E-state index in [1.165, 1.54) is 11.1 Å². The average Bonchev–Trinajstić information content (AvgIpc) is 2.49. The van der Waals surface area contributed by atoms with E-state index in [1.807, 2.05) is 27.7 Å². The first-order chi connectivity index (χ1) is 8.77. The summed E-state index contributed by atoms with van der Waals surface area (Å²) in [5, 5.41) is 3.29. The maximum Gasteiger partial charge on any atom is 0.0340 e. The van der Waals surface area contributed by atoms with Crippen LogP contribution in [0.2, 0.25) is 0 Å². The largest absolute Gasteiger partial charge is 0.385 e. The van der Waals surface area contributed by atoms with Crippen LogP contribution >= 0.6 is 0 Å². The number of nitrogens with one attached hydrogen (secondary N) is 1. The standard InChI is InChI=1S/C13H19N.2C2H6/c1-4-10-14-11(3)13-8-6-12(5-2)7-9-13;2*1-2/h6-9,14H,3-5,10H2,1-2H3;2*1-2H3. The van der Waals surface area contributed by atoms with Gasteiger partial charge in [-0.2, -0.15) is 0 Å². The molecule has 0 bridgehead atoms. The fourth-order valence-corrected chi connectivity index (χ4v) is 1.32. The van der Waals surface area contributed by atoms with E-state index < -0.39 is 0 Å². The van der Waals surface area contributed by atoms with Crippen molar-refractivity contribution in [2.75, 3.05) is 6.54 Å². The summed E-state index contributed by atoms with van der Waals surface area (Å²) in [6.45, 7) is 17.3. The van der Waals surface area contributed by atoms with E-state index >= 15 is 0 Å². The quantitative estimate of drug-likeness (QED) is 0.749. The summed E-state index contributed by atoms with van der Waals surface area (Å²) in [5.41, 5.74) is 3.59. The lowest BCUT2D eigenvalue weighted by Gasteiger charge is -2.08. The Hall–Kier alpha value is -1.24. The van der Waals surface area contributed by atoms with Crippen molar-refractivity contribution in [2.24, 2.45) is 0 Å². The second-order valence-electron chi connectivity index (χ2n) is 3.46. The maximum absolute atomic E-state index is 4.01. The lowest BCUT2D eigenvalue weighted by atomic mass is 10.1. The van der Waals surface area contributed by atoms with E-state index in [2.05, 4.69) is 50.0 Å². The van der Waals surface area contributed by atoms with Gasteiger partial charge in [-0.15, -0.1) is 0 Å². The van der Waals surface area contributed by atoms with Crippen LogP contribution in [0.15, 0.2) is 30.8 Å². The van der Waals surface area contributed by atoms with Crippen molar-refractivity contribution < 1.29 is 0 Å². The van der Waals surface area contributed by atoms with E-state index in [1.54, 1.807) is 0 Å². The normalized spacial score (nSPS) is 8.33. The van der Waals surface area contributed by atoms with Gasteiger partial charge in [-0.25, -0.2) is 0 Å². The molecule has 1 nitrogen and oxygen atoms in total. The van der Waals surface area contributed by atoms with Crippen LogP contribution in [0, 0.1) is 0 Å². The van der Waals surface area contributed by atoms with E-state index in [-0.39, 0.29) is 0 Å². The molecule has 0 heterocycles. The van der Waals surface area contributed by atoms with Crippen LogP contribution < -0.4 is 5.32 Å². The Morgan fingerprint density at radius 1 is 1.00 bits per heavy atom. The van der Waals surface area contributed by atoms with Gasteiger partial charge in [-0.3, -0.25) is 0 Å². The lowest BCUT2D eigenvalue weighted by Crippen LogP contribution is -2.11. The van der Waals surface area contributed by atoms with Crippen molar-refractivity contribution in [3.8, 4) is 0 Å². The molecule has 0 saturated heterocycles. The van der Waals surface area contributed by atoms with Crippen LogP contribution in [-0.2, 0) is 6.42 Å². The zero-order chi connectivity index (χ0) is 14.4. The molecule has 0 amide bonds. The predicted molar refractivity (Wildman–Crippen MR) is 85.8 cm³/mol. The molecule has 1 rings (SSSR count). The molecule has 0 fully saturated rings. The highest BCUT2D eigenvalue weighted by Gasteiger charge is 1.96. The van der Waals surface area contributed by atoms with Crippen LogP contribution in [0.25, 0.3) is 5.70 Å². The lowest BCUT2D eigenvalue weighted by molar-refractivity contribution is 0.825. The topological polar surface area (TPSA) is 12.0 Å². The molecule has 1 N–H and O–H groups in total. The van der Waals surface area contributed by atoms with Gasteiger partial charge in [0, 0.05) is 12.2 Å². The molecule has 0 spiro atoms. The summed E-state index contributed by atoms with van der Waals surface area (Å²) < 4.78 is 0. The Labute approximate surface area is 114 Å². The molecule has 0 aliphatic heterocycles. The van der Waals surface area contributed by atoms with Crippen molar-refractivity contribution in [1.82, 2.24) is 5.32 Å². The van der Waals surface area contributed by atoms with Gasteiger partial charge >= 0.3 is 0 Å². The summed E-state index contributed by atoms with van der Waals surface area (Å²) >= 11 is 0. The minimum absolute atomic E-state index is 0.994. The average molecular weight is 249 g/mol. The van der Waals surface area contributed by atoms with Crippen molar-refractivity contribution in [1.29, 1.82) is 0 Å². The molecule has 0 unspecified atom stereocenters. The Morgan fingerprint density at radius 3 is 1.89 bits per heavy atom. The van der Waals surface area contributed by atoms with E-state index in [4.69, 9.17) is 0 Å². The van der Waals surface area contributed by atoms with E-state index in [9.17, 15) is 0 Å². The van der Waals surface area contributed by atoms with Crippen molar-refractivity contribution in [2.45, 2.75) is 54.4 Å². The van der Waals surface area contributed by atoms with Gasteiger partial charge in [0.15, 0.2) is 0 Å². The van der Waals surface area contributed by atoms with Crippen LogP contribution in [0.1, 0.15) is 59.1 Å². The molecule has 0 aromatic heterocycles. The fraction of sp³-hybridized carbons (Fsp3) is 0.529. The molecule has 1 aromatic carbocycles. The monoisotopic (exact) mass is 249 g/mol. The summed E-state index contributed by atoms with van der Waals surface area (Å²) in [6.07, 6.45) is 2.22. The molecule has 1 heteroatoms. The van der Waals surface area contributed by atoms with E-state index in [0.717, 1.165) is 25.1 Å². The van der Waals surface area contributed by atoms with Gasteiger partial charge in [0.2, 0.25) is 0 Å². The molecule has 0 aliphatic carbocycles. The number of hydrogen-bond donors (Lipinski definition) is 1. The van der Waals surface area contributed by atoms with Crippen LogP contribution in [0.3, 0.4) is 0 Å². The third-order valence-corrected chi connectivity index (χ3v) is 2.30. The third kappa shape index (κ3) is 7.94. The Kier molecular flexibility index (Phi) is 14.7.